The summed E-state index contributed by atoms with van der Waals surface area (Å²) < 4.78 is 1.43. The monoisotopic (exact) mass is 321 g/mol. The molecule has 0 aliphatic carbocycles. The van der Waals surface area contributed by atoms with E-state index < -0.39 is 16.0 Å². The number of nitrogens with zero attached hydrogens (tertiary/aromatic N) is 2. The lowest BCUT2D eigenvalue weighted by Crippen LogP contribution is -2.16. The van der Waals surface area contributed by atoms with Gasteiger partial charge >= 0.3 is 5.69 Å². The summed E-state index contributed by atoms with van der Waals surface area (Å²) in [5.74, 6) is -0.261. The van der Waals surface area contributed by atoms with Crippen LogP contribution in [-0.4, -0.2) is 15.4 Å². The summed E-state index contributed by atoms with van der Waals surface area (Å²) in [7, 11) is 0. The summed E-state index contributed by atoms with van der Waals surface area (Å²) in [6.07, 6.45) is 2.63. The van der Waals surface area contributed by atoms with Gasteiger partial charge in [0.2, 0.25) is 5.91 Å². The van der Waals surface area contributed by atoms with Gasteiger partial charge in [0.25, 0.3) is 5.43 Å². The van der Waals surface area contributed by atoms with Gasteiger partial charge in [-0.1, -0.05) is 17.7 Å². The highest BCUT2D eigenvalue weighted by Gasteiger charge is 2.12. The first-order valence-electron chi connectivity index (χ1n) is 6.35. The van der Waals surface area contributed by atoms with Gasteiger partial charge in [-0.3, -0.25) is 19.7 Å². The standard InChI is InChI=1S/C14H12ClN3O4/c15-10-2-1-3-11(8-10)16-14(20)5-7-17-6-4-13(19)12(9-17)18(21)22/h1-4,6,8-9H,5,7H2,(H,16,20). The molecule has 22 heavy (non-hydrogen) atoms. The Balaban J connectivity index is 1.98. The lowest BCUT2D eigenvalue weighted by Gasteiger charge is -2.07. The Morgan fingerprint density at radius 2 is 2.14 bits per heavy atom. The van der Waals surface area contributed by atoms with E-state index in [4.69, 9.17) is 11.6 Å². The summed E-state index contributed by atoms with van der Waals surface area (Å²) in [6, 6.07) is 7.82. The molecule has 1 heterocycles. The van der Waals surface area contributed by atoms with Crippen molar-refractivity contribution < 1.29 is 9.72 Å². The normalized spacial score (nSPS) is 10.2. The fraction of sp³-hybridized carbons (Fsp3) is 0.143. The third kappa shape index (κ3) is 4.16. The van der Waals surface area contributed by atoms with Crippen LogP contribution in [0.4, 0.5) is 11.4 Å². The van der Waals surface area contributed by atoms with Gasteiger partial charge < -0.3 is 9.88 Å². The fourth-order valence-electron chi connectivity index (χ4n) is 1.81. The molecule has 2 aromatic rings. The maximum absolute atomic E-state index is 11.8. The van der Waals surface area contributed by atoms with Crippen LogP contribution in [0.1, 0.15) is 6.42 Å². The third-order valence-corrected chi connectivity index (χ3v) is 3.10. The fourth-order valence-corrected chi connectivity index (χ4v) is 2.00. The Hall–Kier alpha value is -2.67. The number of carbonyl (C=O) groups is 1. The number of halogens is 1. The van der Waals surface area contributed by atoms with Gasteiger partial charge in [0.05, 0.1) is 11.1 Å². The number of rotatable bonds is 5. The zero-order valence-electron chi connectivity index (χ0n) is 11.4. The van der Waals surface area contributed by atoms with Crippen molar-refractivity contribution in [3.05, 3.63) is 68.1 Å². The summed E-state index contributed by atoms with van der Waals surface area (Å²) >= 11 is 5.81. The highest BCUT2D eigenvalue weighted by molar-refractivity contribution is 6.30. The van der Waals surface area contributed by atoms with Crippen molar-refractivity contribution in [2.45, 2.75) is 13.0 Å². The van der Waals surface area contributed by atoms with Gasteiger partial charge in [-0.25, -0.2) is 0 Å². The van der Waals surface area contributed by atoms with E-state index in [1.54, 1.807) is 24.3 Å². The minimum Gasteiger partial charge on any atom is -0.348 e. The molecule has 0 saturated carbocycles. The van der Waals surface area contributed by atoms with E-state index in [1.807, 2.05) is 0 Å². The van der Waals surface area contributed by atoms with Crippen molar-refractivity contribution in [1.82, 2.24) is 4.57 Å². The molecule has 8 heteroatoms. The molecule has 1 N–H and O–H groups in total. The van der Waals surface area contributed by atoms with Crippen molar-refractivity contribution >= 4 is 28.9 Å². The van der Waals surface area contributed by atoms with E-state index in [1.165, 1.54) is 10.8 Å². The highest BCUT2D eigenvalue weighted by Crippen LogP contribution is 2.15. The molecule has 7 nitrogen and oxygen atoms in total. The van der Waals surface area contributed by atoms with Crippen LogP contribution >= 0.6 is 11.6 Å². The molecule has 2 rings (SSSR count). The molecule has 0 bridgehead atoms. The molecule has 0 aliphatic rings. The molecule has 1 amide bonds. The van der Waals surface area contributed by atoms with Gasteiger partial charge in [-0.2, -0.15) is 0 Å². The molecule has 0 atom stereocenters. The number of nitrogens with one attached hydrogen (secondary N) is 1. The maximum atomic E-state index is 11.8. The molecule has 1 aromatic heterocycles. The van der Waals surface area contributed by atoms with Gasteiger partial charge in [0, 0.05) is 35.9 Å². The second-order valence-electron chi connectivity index (χ2n) is 4.50. The first kappa shape index (κ1) is 15.7. The van der Waals surface area contributed by atoms with E-state index in [2.05, 4.69) is 5.32 Å². The van der Waals surface area contributed by atoms with E-state index in [9.17, 15) is 19.7 Å². The van der Waals surface area contributed by atoms with E-state index in [0.29, 0.717) is 10.7 Å². The Labute approximate surface area is 130 Å². The predicted octanol–water partition coefficient (Wildman–Crippen LogP) is 2.44. The molecule has 0 saturated heterocycles. The summed E-state index contributed by atoms with van der Waals surface area (Å²) in [6.45, 7) is 0.216. The molecule has 114 valence electrons. The SMILES string of the molecule is O=C(CCn1ccc(=O)c([N+](=O)[O-])c1)Nc1cccc(Cl)c1. The van der Waals surface area contributed by atoms with Crippen LogP contribution in [0.3, 0.4) is 0 Å². The van der Waals surface area contributed by atoms with Gasteiger partial charge in [0.15, 0.2) is 0 Å². The van der Waals surface area contributed by atoms with Crippen LogP contribution in [0, 0.1) is 10.1 Å². The minimum atomic E-state index is -0.745. The second-order valence-corrected chi connectivity index (χ2v) is 4.93. The average Bonchev–Trinajstić information content (AvgIpc) is 2.46. The number of nitro groups is 1. The van der Waals surface area contributed by atoms with Crippen LogP contribution in [0.25, 0.3) is 0 Å². The van der Waals surface area contributed by atoms with Crippen molar-refractivity contribution in [3.8, 4) is 0 Å². The number of hydrogen-bond acceptors (Lipinski definition) is 4. The molecule has 0 unspecified atom stereocenters. The molecule has 1 aromatic carbocycles. The van der Waals surface area contributed by atoms with Gasteiger partial charge in [-0.05, 0) is 18.2 Å². The highest BCUT2D eigenvalue weighted by atomic mass is 35.5. The van der Waals surface area contributed by atoms with Crippen LogP contribution < -0.4 is 10.7 Å². The quantitative estimate of drug-likeness (QED) is 0.676. The molecular formula is C14H12ClN3O4. The lowest BCUT2D eigenvalue weighted by atomic mass is 10.3. The zero-order chi connectivity index (χ0) is 16.1. The van der Waals surface area contributed by atoms with Crippen molar-refractivity contribution in [3.63, 3.8) is 0 Å². The van der Waals surface area contributed by atoms with E-state index in [-0.39, 0.29) is 18.9 Å². The lowest BCUT2D eigenvalue weighted by molar-refractivity contribution is -0.386. The molecule has 0 fully saturated rings. The van der Waals surface area contributed by atoms with E-state index in [0.717, 1.165) is 12.3 Å². The average molecular weight is 322 g/mol. The van der Waals surface area contributed by atoms with Crippen LogP contribution in [0.5, 0.6) is 0 Å². The first-order chi connectivity index (χ1) is 10.5. The number of carbonyl (C=O) groups excluding carboxylic acids is 1. The zero-order valence-corrected chi connectivity index (χ0v) is 12.1. The third-order valence-electron chi connectivity index (χ3n) is 2.86. The number of amides is 1. The van der Waals surface area contributed by atoms with Crippen molar-refractivity contribution in [2.75, 3.05) is 5.32 Å². The first-order valence-corrected chi connectivity index (χ1v) is 6.73. The smallest absolute Gasteiger partial charge is 0.332 e. The molecular weight excluding hydrogens is 310 g/mol. The summed E-state index contributed by atoms with van der Waals surface area (Å²) in [4.78, 5) is 33.0. The molecule has 0 aliphatic heterocycles. The Kier molecular flexibility index (Phi) is 4.90. The van der Waals surface area contributed by atoms with Gasteiger partial charge in [-0.15, -0.1) is 0 Å². The topological polar surface area (TPSA) is 94.2 Å². The van der Waals surface area contributed by atoms with Gasteiger partial charge in [0.1, 0.15) is 0 Å². The maximum Gasteiger partial charge on any atom is 0.332 e. The van der Waals surface area contributed by atoms with Crippen molar-refractivity contribution in [1.29, 1.82) is 0 Å². The number of hydrogen-bond donors (Lipinski definition) is 1. The largest absolute Gasteiger partial charge is 0.348 e. The van der Waals surface area contributed by atoms with Crippen LogP contribution in [0.2, 0.25) is 5.02 Å². The van der Waals surface area contributed by atoms with Crippen LogP contribution in [-0.2, 0) is 11.3 Å². The number of pyridine rings is 1. The molecule has 0 spiro atoms. The Bertz CT molecular complexity index is 773. The number of anilines is 1. The van der Waals surface area contributed by atoms with Crippen LogP contribution in [0.15, 0.2) is 47.5 Å². The Morgan fingerprint density at radius 1 is 1.36 bits per heavy atom. The summed E-state index contributed by atoms with van der Waals surface area (Å²) in [5.41, 5.74) is -0.606. The molecule has 0 radical (unpaired) electrons. The van der Waals surface area contributed by atoms with E-state index >= 15 is 0 Å². The minimum absolute atomic E-state index is 0.104. The Morgan fingerprint density at radius 3 is 2.82 bits per heavy atom. The number of benzene rings is 1. The number of aryl methyl sites for hydroxylation is 1. The number of aromatic nitrogens is 1. The summed E-state index contributed by atoms with van der Waals surface area (Å²) in [5, 5.41) is 13.9. The van der Waals surface area contributed by atoms with Crippen molar-refractivity contribution in [2.24, 2.45) is 0 Å². The second kappa shape index (κ2) is 6.86. The predicted molar refractivity (Wildman–Crippen MR) is 82.1 cm³/mol.